The highest BCUT2D eigenvalue weighted by molar-refractivity contribution is 5.70. The lowest BCUT2D eigenvalue weighted by Crippen LogP contribution is -2.11. The zero-order valence-electron chi connectivity index (χ0n) is 11.5. The molecular weight excluding hydrogens is 258 g/mol. The van der Waals surface area contributed by atoms with Gasteiger partial charge in [-0.3, -0.25) is 4.79 Å². The molecule has 20 heavy (non-hydrogen) atoms. The van der Waals surface area contributed by atoms with E-state index in [1.54, 1.807) is 28.9 Å². The van der Waals surface area contributed by atoms with Crippen molar-refractivity contribution in [3.63, 3.8) is 0 Å². The van der Waals surface area contributed by atoms with Crippen molar-refractivity contribution in [2.45, 2.75) is 26.8 Å². The van der Waals surface area contributed by atoms with E-state index in [-0.39, 0.29) is 6.42 Å². The summed E-state index contributed by atoms with van der Waals surface area (Å²) < 4.78 is 7.40. The van der Waals surface area contributed by atoms with Crippen molar-refractivity contribution < 1.29 is 14.6 Å². The average Bonchev–Trinajstić information content (AvgIpc) is 2.69. The fraction of sp³-hybridized carbons (Fsp3) is 0.357. The number of aliphatic carboxylic acids is 1. The maximum absolute atomic E-state index is 10.6. The van der Waals surface area contributed by atoms with E-state index in [0.29, 0.717) is 18.9 Å². The molecule has 0 saturated carbocycles. The summed E-state index contributed by atoms with van der Waals surface area (Å²) in [7, 11) is 0. The maximum Gasteiger partial charge on any atom is 0.307 e. The number of benzene rings is 1. The van der Waals surface area contributed by atoms with Crippen LogP contribution in [0.1, 0.15) is 17.2 Å². The highest BCUT2D eigenvalue weighted by atomic mass is 16.5. The van der Waals surface area contributed by atoms with Gasteiger partial charge < -0.3 is 9.84 Å². The lowest BCUT2D eigenvalue weighted by atomic mass is 10.1. The Morgan fingerprint density at radius 2 is 2.00 bits per heavy atom. The van der Waals surface area contributed by atoms with Crippen LogP contribution in [-0.4, -0.2) is 32.4 Å². The molecule has 2 aromatic rings. The van der Waals surface area contributed by atoms with Crippen LogP contribution in [0.4, 0.5) is 0 Å². The van der Waals surface area contributed by atoms with Crippen molar-refractivity contribution in [2.24, 2.45) is 0 Å². The molecule has 0 amide bonds. The Morgan fingerprint density at radius 3 is 2.55 bits per heavy atom. The minimum atomic E-state index is -0.837. The van der Waals surface area contributed by atoms with Crippen LogP contribution >= 0.6 is 0 Å². The molecule has 2 rings (SSSR count). The van der Waals surface area contributed by atoms with Crippen LogP contribution in [-0.2, 0) is 17.8 Å². The number of hydrogen-bond acceptors (Lipinski definition) is 4. The molecule has 0 atom stereocenters. The first-order valence-corrected chi connectivity index (χ1v) is 6.36. The molecule has 1 heterocycles. The van der Waals surface area contributed by atoms with E-state index in [0.717, 1.165) is 17.2 Å². The van der Waals surface area contributed by atoms with Crippen LogP contribution in [0.2, 0.25) is 0 Å². The predicted molar refractivity (Wildman–Crippen MR) is 72.8 cm³/mol. The summed E-state index contributed by atoms with van der Waals surface area (Å²) in [5, 5.41) is 12.9. The van der Waals surface area contributed by atoms with Crippen molar-refractivity contribution in [3.05, 3.63) is 41.5 Å². The predicted octanol–water partition coefficient (Wildman–Crippen LogP) is 1.60. The van der Waals surface area contributed by atoms with E-state index in [2.05, 4.69) is 10.1 Å². The second-order valence-corrected chi connectivity index (χ2v) is 4.49. The molecule has 0 radical (unpaired) electrons. The van der Waals surface area contributed by atoms with Crippen LogP contribution < -0.4 is 4.74 Å². The molecule has 0 bridgehead atoms. The molecule has 0 aliphatic rings. The van der Waals surface area contributed by atoms with Gasteiger partial charge in [-0.05, 0) is 31.5 Å². The van der Waals surface area contributed by atoms with Gasteiger partial charge in [0.1, 0.15) is 24.0 Å². The van der Waals surface area contributed by atoms with Gasteiger partial charge in [-0.1, -0.05) is 12.1 Å². The van der Waals surface area contributed by atoms with Gasteiger partial charge >= 0.3 is 5.97 Å². The zero-order chi connectivity index (χ0) is 14.5. The Hall–Kier alpha value is -2.37. The van der Waals surface area contributed by atoms with Crippen LogP contribution in [0.25, 0.3) is 0 Å². The summed E-state index contributed by atoms with van der Waals surface area (Å²) in [5.41, 5.74) is 0.757. The Balaban J connectivity index is 1.85. The first-order chi connectivity index (χ1) is 9.54. The number of carboxylic acids is 1. The van der Waals surface area contributed by atoms with Crippen molar-refractivity contribution in [3.8, 4) is 5.75 Å². The van der Waals surface area contributed by atoms with E-state index in [4.69, 9.17) is 9.84 Å². The minimum Gasteiger partial charge on any atom is -0.492 e. The minimum absolute atomic E-state index is 0.0255. The van der Waals surface area contributed by atoms with Gasteiger partial charge in [0.05, 0.1) is 13.0 Å². The molecule has 106 valence electrons. The fourth-order valence-corrected chi connectivity index (χ4v) is 1.90. The number of rotatable bonds is 6. The van der Waals surface area contributed by atoms with Crippen LogP contribution in [0.5, 0.6) is 5.75 Å². The van der Waals surface area contributed by atoms with Crippen LogP contribution in [0.15, 0.2) is 24.3 Å². The first kappa shape index (κ1) is 14.0. The average molecular weight is 275 g/mol. The molecular formula is C14H17N3O3. The molecule has 0 aliphatic heterocycles. The molecule has 0 aliphatic carbocycles. The van der Waals surface area contributed by atoms with Gasteiger partial charge in [-0.15, -0.1) is 0 Å². The molecule has 0 unspecified atom stereocenters. The highest BCUT2D eigenvalue weighted by Gasteiger charge is 2.03. The SMILES string of the molecule is Cc1nc(C)n(CCOc2ccc(CC(=O)O)cc2)n1. The number of carboxylic acid groups (broad SMARTS) is 1. The largest absolute Gasteiger partial charge is 0.492 e. The summed E-state index contributed by atoms with van der Waals surface area (Å²) in [6, 6.07) is 7.07. The number of ether oxygens (including phenoxy) is 1. The van der Waals surface area contributed by atoms with Gasteiger partial charge in [0.25, 0.3) is 0 Å². The summed E-state index contributed by atoms with van der Waals surface area (Å²) in [5.74, 6) is 1.49. The molecule has 1 aromatic carbocycles. The van der Waals surface area contributed by atoms with Gasteiger partial charge in [-0.2, -0.15) is 5.10 Å². The second-order valence-electron chi connectivity index (χ2n) is 4.49. The molecule has 0 saturated heterocycles. The highest BCUT2D eigenvalue weighted by Crippen LogP contribution is 2.12. The monoisotopic (exact) mass is 275 g/mol. The topological polar surface area (TPSA) is 77.2 Å². The molecule has 1 aromatic heterocycles. The standard InChI is InChI=1S/C14H17N3O3/c1-10-15-11(2)17(16-10)7-8-20-13-5-3-12(4-6-13)9-14(18)19/h3-6H,7-9H2,1-2H3,(H,18,19). The maximum atomic E-state index is 10.6. The Morgan fingerprint density at radius 1 is 1.30 bits per heavy atom. The third-order valence-corrected chi connectivity index (χ3v) is 2.81. The lowest BCUT2D eigenvalue weighted by Gasteiger charge is -2.07. The summed E-state index contributed by atoms with van der Waals surface area (Å²) in [6.07, 6.45) is 0.0255. The third kappa shape index (κ3) is 3.81. The van der Waals surface area contributed by atoms with Crippen molar-refractivity contribution in [1.29, 1.82) is 0 Å². The van der Waals surface area contributed by atoms with Crippen molar-refractivity contribution in [2.75, 3.05) is 6.61 Å². The molecule has 1 N–H and O–H groups in total. The van der Waals surface area contributed by atoms with E-state index in [1.807, 2.05) is 13.8 Å². The van der Waals surface area contributed by atoms with Crippen molar-refractivity contribution >= 4 is 5.97 Å². The number of carbonyl (C=O) groups is 1. The van der Waals surface area contributed by atoms with E-state index in [1.165, 1.54) is 0 Å². The van der Waals surface area contributed by atoms with Gasteiger partial charge in [0.2, 0.25) is 0 Å². The number of nitrogens with zero attached hydrogens (tertiary/aromatic N) is 3. The molecule has 0 spiro atoms. The van der Waals surface area contributed by atoms with Crippen molar-refractivity contribution in [1.82, 2.24) is 14.8 Å². The Labute approximate surface area is 117 Å². The van der Waals surface area contributed by atoms with Crippen LogP contribution in [0.3, 0.4) is 0 Å². The summed E-state index contributed by atoms with van der Waals surface area (Å²) in [6.45, 7) is 4.87. The number of hydrogen-bond donors (Lipinski definition) is 1. The van der Waals surface area contributed by atoms with Gasteiger partial charge in [0, 0.05) is 0 Å². The second kappa shape index (κ2) is 6.18. The van der Waals surface area contributed by atoms with Gasteiger partial charge in [-0.25, -0.2) is 9.67 Å². The van der Waals surface area contributed by atoms with E-state index >= 15 is 0 Å². The Bertz CT molecular complexity index is 590. The first-order valence-electron chi connectivity index (χ1n) is 6.36. The molecule has 0 fully saturated rings. The normalized spacial score (nSPS) is 10.5. The number of aryl methyl sites for hydroxylation is 2. The molecule has 6 heteroatoms. The van der Waals surface area contributed by atoms with E-state index in [9.17, 15) is 4.79 Å². The quantitative estimate of drug-likeness (QED) is 0.866. The van der Waals surface area contributed by atoms with E-state index < -0.39 is 5.97 Å². The third-order valence-electron chi connectivity index (χ3n) is 2.81. The summed E-state index contributed by atoms with van der Waals surface area (Å²) >= 11 is 0. The zero-order valence-corrected chi connectivity index (χ0v) is 11.5. The molecule has 6 nitrogen and oxygen atoms in total. The van der Waals surface area contributed by atoms with Gasteiger partial charge in [0.15, 0.2) is 0 Å². The Kier molecular flexibility index (Phi) is 4.34. The van der Waals surface area contributed by atoms with Crippen LogP contribution in [0, 0.1) is 13.8 Å². The smallest absolute Gasteiger partial charge is 0.307 e. The summed E-state index contributed by atoms with van der Waals surface area (Å²) in [4.78, 5) is 14.8. The lowest BCUT2D eigenvalue weighted by molar-refractivity contribution is -0.136. The fourth-order valence-electron chi connectivity index (χ4n) is 1.90. The number of aromatic nitrogens is 3.